The second-order valence-electron chi connectivity index (χ2n) is 9.78. The van der Waals surface area contributed by atoms with Gasteiger partial charge in [0.25, 0.3) is 0 Å². The van der Waals surface area contributed by atoms with Gasteiger partial charge in [-0.1, -0.05) is 75.4 Å². The van der Waals surface area contributed by atoms with E-state index in [0.29, 0.717) is 39.1 Å². The van der Waals surface area contributed by atoms with Crippen molar-refractivity contribution in [3.05, 3.63) is 66.7 Å². The normalized spacial score (nSPS) is 13.5. The van der Waals surface area contributed by atoms with Crippen LogP contribution in [-0.4, -0.2) is 95.6 Å². The van der Waals surface area contributed by atoms with E-state index in [9.17, 15) is 9.59 Å². The summed E-state index contributed by atoms with van der Waals surface area (Å²) in [6.07, 6.45) is 0.408. The monoisotopic (exact) mass is 528 g/mol. The lowest BCUT2D eigenvalue weighted by molar-refractivity contribution is -0.140. The predicted octanol–water partition coefficient (Wildman–Crippen LogP) is 4.04. The topological polar surface area (TPSA) is 72.9 Å². The van der Waals surface area contributed by atoms with Crippen molar-refractivity contribution in [3.8, 4) is 22.4 Å². The minimum atomic E-state index is 0.0105. The number of aromatic nitrogens is 2. The summed E-state index contributed by atoms with van der Waals surface area (Å²) in [5.41, 5.74) is 4.21. The zero-order chi connectivity index (χ0) is 27.6. The van der Waals surface area contributed by atoms with Crippen LogP contribution in [0, 0.1) is 0 Å². The molecule has 39 heavy (non-hydrogen) atoms. The number of nitrogens with zero attached hydrogens (tertiary/aromatic N) is 6. The summed E-state index contributed by atoms with van der Waals surface area (Å²) in [7, 11) is 0. The van der Waals surface area contributed by atoms with Crippen LogP contribution in [0.1, 0.15) is 27.2 Å². The summed E-state index contributed by atoms with van der Waals surface area (Å²) in [5, 5.41) is 8.96. The first-order valence-corrected chi connectivity index (χ1v) is 14.0. The Labute approximate surface area is 232 Å². The van der Waals surface area contributed by atoms with Crippen molar-refractivity contribution >= 4 is 17.6 Å². The number of piperazine rings is 1. The summed E-state index contributed by atoms with van der Waals surface area (Å²) in [6.45, 7) is 12.0. The first-order chi connectivity index (χ1) is 19.0. The second-order valence-corrected chi connectivity index (χ2v) is 9.78. The summed E-state index contributed by atoms with van der Waals surface area (Å²) in [6, 6.07) is 22.7. The van der Waals surface area contributed by atoms with Crippen molar-refractivity contribution in [1.82, 2.24) is 24.9 Å². The van der Waals surface area contributed by atoms with E-state index in [2.05, 4.69) is 70.2 Å². The second kappa shape index (κ2) is 13.8. The molecule has 0 aliphatic carbocycles. The van der Waals surface area contributed by atoms with Gasteiger partial charge in [-0.3, -0.25) is 9.59 Å². The molecule has 0 radical (unpaired) electrons. The number of anilines is 1. The van der Waals surface area contributed by atoms with Crippen molar-refractivity contribution in [2.45, 2.75) is 27.2 Å². The van der Waals surface area contributed by atoms with E-state index < -0.39 is 0 Å². The Morgan fingerprint density at radius 3 is 1.97 bits per heavy atom. The number of benzene rings is 2. The molecule has 8 nitrogen and oxygen atoms in total. The van der Waals surface area contributed by atoms with Gasteiger partial charge in [0.05, 0.1) is 12.2 Å². The molecular weight excluding hydrogens is 488 g/mol. The molecule has 1 aliphatic rings. The van der Waals surface area contributed by atoms with Crippen LogP contribution in [0.5, 0.6) is 0 Å². The van der Waals surface area contributed by atoms with Crippen LogP contribution in [0.2, 0.25) is 0 Å². The SMILES string of the molecule is CCC(=O)N(CCN(CC)CC)CC(=O)N1CCN(c2ccc(-c3ccc(-c4ccccc4)cc3)nn2)CC1. The van der Waals surface area contributed by atoms with E-state index in [1.54, 1.807) is 4.90 Å². The summed E-state index contributed by atoms with van der Waals surface area (Å²) in [4.78, 5) is 33.5. The molecule has 8 heteroatoms. The van der Waals surface area contributed by atoms with E-state index in [4.69, 9.17) is 0 Å². The molecule has 2 amide bonds. The van der Waals surface area contributed by atoms with Crippen molar-refractivity contribution in [2.75, 3.05) is 63.8 Å². The van der Waals surface area contributed by atoms with Gasteiger partial charge in [0.2, 0.25) is 11.8 Å². The zero-order valence-electron chi connectivity index (χ0n) is 23.4. The molecule has 0 saturated carbocycles. The zero-order valence-corrected chi connectivity index (χ0v) is 23.4. The number of carbonyl (C=O) groups excluding carboxylic acids is 2. The van der Waals surface area contributed by atoms with Crippen LogP contribution in [0.15, 0.2) is 66.7 Å². The van der Waals surface area contributed by atoms with Gasteiger partial charge in [0, 0.05) is 51.3 Å². The fourth-order valence-corrected chi connectivity index (χ4v) is 4.88. The van der Waals surface area contributed by atoms with Gasteiger partial charge in [0.15, 0.2) is 5.82 Å². The third kappa shape index (κ3) is 7.41. The smallest absolute Gasteiger partial charge is 0.242 e. The quantitative estimate of drug-likeness (QED) is 0.374. The summed E-state index contributed by atoms with van der Waals surface area (Å²) < 4.78 is 0. The molecule has 4 rings (SSSR count). The molecule has 206 valence electrons. The Morgan fingerprint density at radius 2 is 1.38 bits per heavy atom. The maximum Gasteiger partial charge on any atom is 0.242 e. The van der Waals surface area contributed by atoms with Gasteiger partial charge in [-0.2, -0.15) is 0 Å². The molecule has 0 atom stereocenters. The van der Waals surface area contributed by atoms with Crippen LogP contribution in [0.4, 0.5) is 5.82 Å². The maximum atomic E-state index is 13.0. The number of hydrogen-bond donors (Lipinski definition) is 0. The lowest BCUT2D eigenvalue weighted by atomic mass is 10.0. The molecule has 1 saturated heterocycles. The molecule has 0 unspecified atom stereocenters. The van der Waals surface area contributed by atoms with Gasteiger partial charge in [0.1, 0.15) is 0 Å². The van der Waals surface area contributed by atoms with Crippen LogP contribution in [0.3, 0.4) is 0 Å². The Kier molecular flexibility index (Phi) is 10.0. The van der Waals surface area contributed by atoms with Crippen molar-refractivity contribution < 1.29 is 9.59 Å². The fraction of sp³-hybridized carbons (Fsp3) is 0.419. The third-order valence-electron chi connectivity index (χ3n) is 7.46. The van der Waals surface area contributed by atoms with Crippen LogP contribution >= 0.6 is 0 Å². The highest BCUT2D eigenvalue weighted by Crippen LogP contribution is 2.24. The first-order valence-electron chi connectivity index (χ1n) is 14.0. The molecule has 2 aromatic carbocycles. The maximum absolute atomic E-state index is 13.0. The Hall–Kier alpha value is -3.78. The average molecular weight is 529 g/mol. The van der Waals surface area contributed by atoms with Crippen molar-refractivity contribution in [3.63, 3.8) is 0 Å². The average Bonchev–Trinajstić information content (AvgIpc) is 3.01. The van der Waals surface area contributed by atoms with Gasteiger partial charge in [-0.15, -0.1) is 10.2 Å². The first kappa shape index (κ1) is 28.2. The fourth-order valence-electron chi connectivity index (χ4n) is 4.88. The van der Waals surface area contributed by atoms with E-state index in [1.165, 1.54) is 11.1 Å². The molecule has 3 aromatic rings. The van der Waals surface area contributed by atoms with Gasteiger partial charge in [-0.05, 0) is 36.3 Å². The van der Waals surface area contributed by atoms with Gasteiger partial charge >= 0.3 is 0 Å². The van der Waals surface area contributed by atoms with Crippen LogP contribution < -0.4 is 4.90 Å². The minimum Gasteiger partial charge on any atom is -0.352 e. The molecule has 1 aliphatic heterocycles. The van der Waals surface area contributed by atoms with Crippen molar-refractivity contribution in [2.24, 2.45) is 0 Å². The number of carbonyl (C=O) groups is 2. The molecule has 0 N–H and O–H groups in total. The highest BCUT2D eigenvalue weighted by molar-refractivity contribution is 5.85. The lowest BCUT2D eigenvalue weighted by Crippen LogP contribution is -2.52. The Bertz CT molecular complexity index is 1190. The van der Waals surface area contributed by atoms with E-state index in [0.717, 1.165) is 36.7 Å². The molecule has 2 heterocycles. The summed E-state index contributed by atoms with van der Waals surface area (Å²) in [5.74, 6) is 0.851. The minimum absolute atomic E-state index is 0.0105. The number of hydrogen-bond acceptors (Lipinski definition) is 6. The van der Waals surface area contributed by atoms with Crippen molar-refractivity contribution in [1.29, 1.82) is 0 Å². The predicted molar refractivity (Wildman–Crippen MR) is 156 cm³/mol. The van der Waals surface area contributed by atoms with E-state index in [-0.39, 0.29) is 18.4 Å². The van der Waals surface area contributed by atoms with Crippen LogP contribution in [-0.2, 0) is 9.59 Å². The molecule has 1 aromatic heterocycles. The number of rotatable bonds is 11. The molecule has 0 bridgehead atoms. The van der Waals surface area contributed by atoms with E-state index in [1.807, 2.05) is 42.2 Å². The molecular formula is C31H40N6O2. The largest absolute Gasteiger partial charge is 0.352 e. The number of amides is 2. The highest BCUT2D eigenvalue weighted by atomic mass is 16.2. The summed E-state index contributed by atoms with van der Waals surface area (Å²) >= 11 is 0. The third-order valence-corrected chi connectivity index (χ3v) is 7.46. The van der Waals surface area contributed by atoms with Gasteiger partial charge in [-0.25, -0.2) is 0 Å². The highest BCUT2D eigenvalue weighted by Gasteiger charge is 2.25. The Morgan fingerprint density at radius 1 is 0.744 bits per heavy atom. The standard InChI is InChI=1S/C31H40N6O2/c1-4-30(38)37(19-18-34(5-2)6-3)24-31(39)36-22-20-35(21-23-36)29-17-16-28(32-33-29)27-14-12-26(13-15-27)25-10-8-7-9-11-25/h7-17H,4-6,18-24H2,1-3H3. The molecule has 0 spiro atoms. The Balaban J connectivity index is 1.30. The molecule has 1 fully saturated rings. The number of likely N-dealkylation sites (N-methyl/N-ethyl adjacent to an activating group) is 1. The van der Waals surface area contributed by atoms with E-state index >= 15 is 0 Å². The van der Waals surface area contributed by atoms with Crippen LogP contribution in [0.25, 0.3) is 22.4 Å². The van der Waals surface area contributed by atoms with Gasteiger partial charge < -0.3 is 19.6 Å². The lowest BCUT2D eigenvalue weighted by Gasteiger charge is -2.36.